The van der Waals surface area contributed by atoms with Crippen molar-refractivity contribution in [1.29, 1.82) is 0 Å². The topological polar surface area (TPSA) is 65.7 Å². The van der Waals surface area contributed by atoms with Gasteiger partial charge in [0, 0.05) is 17.9 Å². The van der Waals surface area contributed by atoms with Gasteiger partial charge in [-0.15, -0.1) is 0 Å². The minimum atomic E-state index is -0.380. The van der Waals surface area contributed by atoms with E-state index in [2.05, 4.69) is 40.7 Å². The van der Waals surface area contributed by atoms with Gasteiger partial charge in [0.25, 0.3) is 0 Å². The minimum absolute atomic E-state index is 0.0977. The molecule has 0 radical (unpaired) electrons. The van der Waals surface area contributed by atoms with Crippen molar-refractivity contribution in [3.05, 3.63) is 64.5 Å². The summed E-state index contributed by atoms with van der Waals surface area (Å²) in [6.45, 7) is 12.3. The molecule has 0 aliphatic heterocycles. The number of hydrogen-bond donors (Lipinski definition) is 0. The summed E-state index contributed by atoms with van der Waals surface area (Å²) in [7, 11) is 0. The van der Waals surface area contributed by atoms with Crippen molar-refractivity contribution in [2.75, 3.05) is 6.61 Å². The molecule has 258 valence electrons. The fourth-order valence-electron chi connectivity index (χ4n) is 10.9. The van der Waals surface area contributed by atoms with E-state index in [1.807, 2.05) is 30.3 Å². The third-order valence-electron chi connectivity index (χ3n) is 13.6. The minimum Gasteiger partial charge on any atom is -0.482 e. The van der Waals surface area contributed by atoms with Crippen LogP contribution in [0.1, 0.15) is 112 Å². The first kappa shape index (κ1) is 33.4. The molecule has 0 amide bonds. The van der Waals surface area contributed by atoms with E-state index in [0.29, 0.717) is 22.1 Å². The smallest absolute Gasteiger partial charge is 0.344 e. The molecule has 4 aliphatic carbocycles. The molecule has 0 N–H and O–H groups in total. The maximum absolute atomic E-state index is 13.0. The average molecular weight is 653 g/mol. The van der Waals surface area contributed by atoms with Crippen LogP contribution in [0.3, 0.4) is 0 Å². The summed E-state index contributed by atoms with van der Waals surface area (Å²) in [6, 6.07) is 12.8. The van der Waals surface area contributed by atoms with Gasteiger partial charge < -0.3 is 13.9 Å². The molecule has 5 heteroatoms. The van der Waals surface area contributed by atoms with E-state index in [1.165, 1.54) is 63.4 Å². The monoisotopic (exact) mass is 652 g/mol. The highest BCUT2D eigenvalue weighted by atomic mass is 16.6. The van der Waals surface area contributed by atoms with Gasteiger partial charge in [-0.05, 0) is 121 Å². The summed E-state index contributed by atoms with van der Waals surface area (Å²) < 4.78 is 17.4. The van der Waals surface area contributed by atoms with Crippen molar-refractivity contribution in [2.45, 2.75) is 118 Å². The van der Waals surface area contributed by atoms with E-state index in [-0.39, 0.29) is 29.7 Å². The molecule has 48 heavy (non-hydrogen) atoms. The summed E-state index contributed by atoms with van der Waals surface area (Å²) in [5.41, 5.74) is 2.32. The zero-order valence-electron chi connectivity index (χ0n) is 29.9. The number of benzene rings is 2. The SMILES string of the molecule is CC(C)CCC[C@H](C)[C@@H]1CC[C@H]2[C@H]3CC=C4C[C@@H](OC(=O)COc5ccc6c(c5)oc(=O)c5ccccc56)CC[C@]4(C)[C@@H]3CC[C@]2(C)C1. The second kappa shape index (κ2) is 13.3. The average Bonchev–Trinajstić information content (AvgIpc) is 3.06. The number of carbonyl (C=O) groups is 1. The third-order valence-corrected chi connectivity index (χ3v) is 13.6. The van der Waals surface area contributed by atoms with Crippen LogP contribution < -0.4 is 10.4 Å². The zero-order valence-corrected chi connectivity index (χ0v) is 29.9. The van der Waals surface area contributed by atoms with Crippen LogP contribution in [0.25, 0.3) is 21.7 Å². The van der Waals surface area contributed by atoms with Crippen LogP contribution in [0.5, 0.6) is 5.75 Å². The lowest BCUT2D eigenvalue weighted by Crippen LogP contribution is -2.52. The van der Waals surface area contributed by atoms with Crippen LogP contribution in [0.2, 0.25) is 0 Å². The van der Waals surface area contributed by atoms with Crippen LogP contribution >= 0.6 is 0 Å². The Hall–Kier alpha value is -3.08. The zero-order chi connectivity index (χ0) is 33.6. The molecule has 1 heterocycles. The first-order valence-corrected chi connectivity index (χ1v) is 19.0. The molecule has 4 aliphatic rings. The molecule has 7 rings (SSSR count). The van der Waals surface area contributed by atoms with Gasteiger partial charge in [0.15, 0.2) is 6.61 Å². The maximum atomic E-state index is 13.0. The van der Waals surface area contributed by atoms with Crippen LogP contribution in [-0.4, -0.2) is 18.7 Å². The van der Waals surface area contributed by atoms with Crippen molar-refractivity contribution in [1.82, 2.24) is 0 Å². The van der Waals surface area contributed by atoms with Crippen LogP contribution in [0.4, 0.5) is 0 Å². The largest absolute Gasteiger partial charge is 0.482 e. The Morgan fingerprint density at radius 2 is 1.75 bits per heavy atom. The first-order chi connectivity index (χ1) is 23.0. The quantitative estimate of drug-likeness (QED) is 0.0996. The van der Waals surface area contributed by atoms with Gasteiger partial charge in [-0.2, -0.15) is 0 Å². The predicted octanol–water partition coefficient (Wildman–Crippen LogP) is 10.7. The summed E-state index contributed by atoms with van der Waals surface area (Å²) in [6.07, 6.45) is 17.7. The second-order valence-electron chi connectivity index (χ2n) is 17.0. The van der Waals surface area contributed by atoms with E-state index in [1.54, 1.807) is 12.1 Å². The fourth-order valence-corrected chi connectivity index (χ4v) is 10.9. The van der Waals surface area contributed by atoms with Gasteiger partial charge >= 0.3 is 11.6 Å². The molecule has 0 bridgehead atoms. The van der Waals surface area contributed by atoms with E-state index in [9.17, 15) is 9.59 Å². The molecule has 3 fully saturated rings. The first-order valence-electron chi connectivity index (χ1n) is 19.0. The molecule has 8 atom stereocenters. The third kappa shape index (κ3) is 6.36. The Labute approximate surface area is 286 Å². The lowest BCUT2D eigenvalue weighted by atomic mass is 9.44. The highest BCUT2D eigenvalue weighted by molar-refractivity contribution is 6.04. The van der Waals surface area contributed by atoms with Crippen molar-refractivity contribution in [2.24, 2.45) is 46.3 Å². The number of allylic oxidation sites excluding steroid dienone is 1. The standard InChI is InChI=1S/C43H56O5/c1-27(2)9-8-10-28(3)29-13-18-37-36-16-14-30-23-32(19-22-43(30,5)38(36)20-21-42(37,4)25-29)47-40(44)26-46-31-15-17-34-33-11-6-7-12-35(33)41(45)48-39(34)24-31/h6-7,11-12,14-15,17,24,27-29,32,36-38H,8-10,13,16,18-23,25-26H2,1-5H3/t28-,29+,32-,36+,37-,38+,42+,43-/m0/s1. The number of hydrogen-bond acceptors (Lipinski definition) is 5. The summed E-state index contributed by atoms with van der Waals surface area (Å²) in [5, 5.41) is 2.23. The molecular formula is C43H56O5. The number of carbonyl (C=O) groups excluding carboxylic acids is 1. The van der Waals surface area contributed by atoms with Crippen LogP contribution in [-0.2, 0) is 9.53 Å². The van der Waals surface area contributed by atoms with Crippen molar-refractivity contribution in [3.63, 3.8) is 0 Å². The van der Waals surface area contributed by atoms with Crippen molar-refractivity contribution >= 4 is 27.7 Å². The van der Waals surface area contributed by atoms with Gasteiger partial charge in [0.2, 0.25) is 0 Å². The number of esters is 1. The highest BCUT2D eigenvalue weighted by Gasteiger charge is 2.56. The molecule has 0 saturated heterocycles. The van der Waals surface area contributed by atoms with E-state index >= 15 is 0 Å². The number of rotatable bonds is 9. The second-order valence-corrected chi connectivity index (χ2v) is 17.0. The number of ether oxygens (including phenoxy) is 2. The van der Waals surface area contributed by atoms with E-state index in [4.69, 9.17) is 13.9 Å². The van der Waals surface area contributed by atoms with Crippen LogP contribution in [0.15, 0.2) is 63.3 Å². The van der Waals surface area contributed by atoms with E-state index in [0.717, 1.165) is 65.5 Å². The molecule has 5 nitrogen and oxygen atoms in total. The van der Waals surface area contributed by atoms with Gasteiger partial charge in [-0.25, -0.2) is 9.59 Å². The Kier molecular flexibility index (Phi) is 9.28. The fraction of sp³-hybridized carbons (Fsp3) is 0.628. The van der Waals surface area contributed by atoms with Gasteiger partial charge in [-0.3, -0.25) is 0 Å². The Morgan fingerprint density at radius 1 is 0.938 bits per heavy atom. The molecule has 3 saturated carbocycles. The molecule has 2 aromatic carbocycles. The maximum Gasteiger partial charge on any atom is 0.344 e. The predicted molar refractivity (Wildman–Crippen MR) is 193 cm³/mol. The summed E-state index contributed by atoms with van der Waals surface area (Å²) in [4.78, 5) is 25.4. The van der Waals surface area contributed by atoms with Crippen molar-refractivity contribution in [3.8, 4) is 5.75 Å². The van der Waals surface area contributed by atoms with Gasteiger partial charge in [0.05, 0.1) is 5.39 Å². The molecule has 0 unspecified atom stereocenters. The van der Waals surface area contributed by atoms with Crippen LogP contribution in [0, 0.1) is 46.3 Å². The molecule has 3 aromatic rings. The normalized spacial score (nSPS) is 32.2. The summed E-state index contributed by atoms with van der Waals surface area (Å²) >= 11 is 0. The van der Waals surface area contributed by atoms with Gasteiger partial charge in [0.1, 0.15) is 17.4 Å². The highest BCUT2D eigenvalue weighted by Crippen LogP contribution is 2.65. The molecule has 0 spiro atoms. The van der Waals surface area contributed by atoms with Crippen molar-refractivity contribution < 1.29 is 18.7 Å². The Balaban J connectivity index is 0.947. The Bertz CT molecular complexity index is 1730. The molecular weight excluding hydrogens is 596 g/mol. The Morgan fingerprint density at radius 3 is 2.56 bits per heavy atom. The lowest BCUT2D eigenvalue weighted by molar-refractivity contribution is -0.154. The lowest BCUT2D eigenvalue weighted by Gasteiger charge is -2.61. The molecule has 1 aromatic heterocycles. The summed E-state index contributed by atoms with van der Waals surface area (Å²) in [5.74, 6) is 5.10. The van der Waals surface area contributed by atoms with Gasteiger partial charge in [-0.1, -0.05) is 83.7 Å². The number of fused-ring (bicyclic) bond motifs is 8. The van der Waals surface area contributed by atoms with E-state index < -0.39 is 0 Å².